The molecular formula is C12H19N3O3. The summed E-state index contributed by atoms with van der Waals surface area (Å²) in [6.07, 6.45) is 1.77. The van der Waals surface area contributed by atoms with Crippen LogP contribution in [-0.4, -0.2) is 73.1 Å². The van der Waals surface area contributed by atoms with E-state index in [1.165, 1.54) is 0 Å². The minimum Gasteiger partial charge on any atom is -0.374 e. The van der Waals surface area contributed by atoms with Crippen LogP contribution in [0.4, 0.5) is 0 Å². The Labute approximate surface area is 106 Å². The molecule has 0 aromatic rings. The van der Waals surface area contributed by atoms with Crippen LogP contribution in [0.15, 0.2) is 0 Å². The van der Waals surface area contributed by atoms with Gasteiger partial charge in [0.15, 0.2) is 0 Å². The number of morpholine rings is 1. The average Bonchev–Trinajstić information content (AvgIpc) is 2.87. The predicted molar refractivity (Wildman–Crippen MR) is 63.9 cm³/mol. The second kappa shape index (κ2) is 4.85. The Bertz CT molecular complexity index is 354. The molecule has 3 fully saturated rings. The highest BCUT2D eigenvalue weighted by atomic mass is 16.5. The Morgan fingerprint density at radius 1 is 1.39 bits per heavy atom. The van der Waals surface area contributed by atoms with Crippen LogP contribution in [0.25, 0.3) is 0 Å². The number of hydrogen-bond acceptors (Lipinski definition) is 4. The highest BCUT2D eigenvalue weighted by Crippen LogP contribution is 2.23. The fourth-order valence-corrected chi connectivity index (χ4v) is 3.00. The van der Waals surface area contributed by atoms with Crippen molar-refractivity contribution >= 4 is 11.8 Å². The SMILES string of the molecule is O=C1C2CCCN2C(=O)CN1CC1CNCCO1. The molecular weight excluding hydrogens is 234 g/mol. The first-order chi connectivity index (χ1) is 8.75. The monoisotopic (exact) mass is 253 g/mol. The maximum Gasteiger partial charge on any atom is 0.245 e. The molecule has 3 aliphatic rings. The standard InChI is InChI=1S/C12H19N3O3/c16-11-8-14(7-9-6-13-3-5-18-9)12(17)10-2-1-4-15(10)11/h9-10,13H,1-8H2. The van der Waals surface area contributed by atoms with Gasteiger partial charge in [0.1, 0.15) is 6.04 Å². The number of hydrogen-bond donors (Lipinski definition) is 1. The first-order valence-corrected chi connectivity index (χ1v) is 6.66. The molecule has 18 heavy (non-hydrogen) atoms. The van der Waals surface area contributed by atoms with Crippen LogP contribution >= 0.6 is 0 Å². The van der Waals surface area contributed by atoms with Crippen molar-refractivity contribution in [1.29, 1.82) is 0 Å². The number of nitrogens with zero attached hydrogens (tertiary/aromatic N) is 2. The second-order valence-electron chi connectivity index (χ2n) is 5.16. The molecule has 0 aromatic heterocycles. The largest absolute Gasteiger partial charge is 0.374 e. The lowest BCUT2D eigenvalue weighted by Gasteiger charge is -2.38. The van der Waals surface area contributed by atoms with Gasteiger partial charge < -0.3 is 19.9 Å². The molecule has 100 valence electrons. The minimum absolute atomic E-state index is 0.0171. The number of rotatable bonds is 2. The van der Waals surface area contributed by atoms with Gasteiger partial charge in [0.05, 0.1) is 19.3 Å². The smallest absolute Gasteiger partial charge is 0.245 e. The van der Waals surface area contributed by atoms with Crippen molar-refractivity contribution in [2.24, 2.45) is 0 Å². The summed E-state index contributed by atoms with van der Waals surface area (Å²) in [6, 6.07) is -0.206. The summed E-state index contributed by atoms with van der Waals surface area (Å²) in [6.45, 7) is 3.78. The van der Waals surface area contributed by atoms with E-state index in [0.29, 0.717) is 13.2 Å². The maximum absolute atomic E-state index is 12.3. The van der Waals surface area contributed by atoms with Gasteiger partial charge >= 0.3 is 0 Å². The predicted octanol–water partition coefficient (Wildman–Crippen LogP) is -1.19. The Kier molecular flexibility index (Phi) is 3.22. The van der Waals surface area contributed by atoms with Crippen molar-refractivity contribution in [2.45, 2.75) is 25.0 Å². The van der Waals surface area contributed by atoms with Crippen LogP contribution < -0.4 is 5.32 Å². The van der Waals surface area contributed by atoms with Gasteiger partial charge in [-0.1, -0.05) is 0 Å². The molecule has 2 amide bonds. The van der Waals surface area contributed by atoms with Crippen molar-refractivity contribution in [2.75, 3.05) is 39.3 Å². The van der Waals surface area contributed by atoms with E-state index in [2.05, 4.69) is 5.32 Å². The normalized spacial score (nSPS) is 32.9. The van der Waals surface area contributed by atoms with Crippen molar-refractivity contribution in [3.63, 3.8) is 0 Å². The maximum atomic E-state index is 12.3. The molecule has 2 atom stereocenters. The van der Waals surface area contributed by atoms with Gasteiger partial charge in [0.2, 0.25) is 11.8 Å². The van der Waals surface area contributed by atoms with Crippen molar-refractivity contribution in [3.8, 4) is 0 Å². The summed E-state index contributed by atoms with van der Waals surface area (Å²) in [7, 11) is 0. The number of fused-ring (bicyclic) bond motifs is 1. The van der Waals surface area contributed by atoms with Crippen molar-refractivity contribution < 1.29 is 14.3 Å². The molecule has 0 radical (unpaired) electrons. The van der Waals surface area contributed by atoms with Crippen LogP contribution in [0.3, 0.4) is 0 Å². The highest BCUT2D eigenvalue weighted by Gasteiger charge is 2.42. The number of carbonyl (C=O) groups excluding carboxylic acids is 2. The highest BCUT2D eigenvalue weighted by molar-refractivity contribution is 5.95. The molecule has 3 aliphatic heterocycles. The van der Waals surface area contributed by atoms with E-state index in [-0.39, 0.29) is 30.5 Å². The summed E-state index contributed by atoms with van der Waals surface area (Å²) in [5, 5.41) is 3.24. The Hall–Kier alpha value is -1.14. The lowest BCUT2D eigenvalue weighted by Crippen LogP contribution is -2.59. The first kappa shape index (κ1) is 11.9. The fraction of sp³-hybridized carbons (Fsp3) is 0.833. The topological polar surface area (TPSA) is 61.9 Å². The van der Waals surface area contributed by atoms with Gasteiger partial charge in [0, 0.05) is 26.2 Å². The third-order valence-corrected chi connectivity index (χ3v) is 3.92. The summed E-state index contributed by atoms with van der Waals surface area (Å²) in [4.78, 5) is 27.6. The van der Waals surface area contributed by atoms with E-state index >= 15 is 0 Å². The van der Waals surface area contributed by atoms with Gasteiger partial charge in [-0.05, 0) is 12.8 Å². The molecule has 1 N–H and O–H groups in total. The average molecular weight is 253 g/mol. The van der Waals surface area contributed by atoms with E-state index in [1.807, 2.05) is 0 Å². The summed E-state index contributed by atoms with van der Waals surface area (Å²) in [5.41, 5.74) is 0. The van der Waals surface area contributed by atoms with E-state index in [0.717, 1.165) is 32.5 Å². The molecule has 6 heteroatoms. The zero-order valence-corrected chi connectivity index (χ0v) is 10.4. The van der Waals surface area contributed by atoms with Crippen LogP contribution in [0.2, 0.25) is 0 Å². The van der Waals surface area contributed by atoms with Crippen LogP contribution in [0.1, 0.15) is 12.8 Å². The molecule has 3 rings (SSSR count). The molecule has 3 saturated heterocycles. The molecule has 0 spiro atoms. The molecule has 0 saturated carbocycles. The molecule has 6 nitrogen and oxygen atoms in total. The lowest BCUT2D eigenvalue weighted by atomic mass is 10.1. The Morgan fingerprint density at radius 2 is 2.28 bits per heavy atom. The van der Waals surface area contributed by atoms with Gasteiger partial charge in [-0.15, -0.1) is 0 Å². The molecule has 0 bridgehead atoms. The Morgan fingerprint density at radius 3 is 3.06 bits per heavy atom. The van der Waals surface area contributed by atoms with E-state index in [4.69, 9.17) is 4.74 Å². The quantitative estimate of drug-likeness (QED) is 0.672. The zero-order chi connectivity index (χ0) is 12.5. The van der Waals surface area contributed by atoms with Crippen molar-refractivity contribution in [1.82, 2.24) is 15.1 Å². The van der Waals surface area contributed by atoms with Gasteiger partial charge in [-0.25, -0.2) is 0 Å². The zero-order valence-electron chi connectivity index (χ0n) is 10.4. The van der Waals surface area contributed by atoms with E-state index in [9.17, 15) is 9.59 Å². The molecule has 0 aliphatic carbocycles. The molecule has 3 heterocycles. The first-order valence-electron chi connectivity index (χ1n) is 6.66. The second-order valence-corrected chi connectivity index (χ2v) is 5.16. The van der Waals surface area contributed by atoms with Gasteiger partial charge in [-0.3, -0.25) is 9.59 Å². The number of carbonyl (C=O) groups is 2. The number of amides is 2. The number of ether oxygens (including phenoxy) is 1. The Balaban J connectivity index is 1.65. The third kappa shape index (κ3) is 2.10. The van der Waals surface area contributed by atoms with Gasteiger partial charge in [-0.2, -0.15) is 0 Å². The lowest BCUT2D eigenvalue weighted by molar-refractivity contribution is -0.155. The number of piperazine rings is 1. The number of nitrogens with one attached hydrogen (secondary N) is 1. The van der Waals surface area contributed by atoms with Crippen LogP contribution in [-0.2, 0) is 14.3 Å². The van der Waals surface area contributed by atoms with E-state index in [1.54, 1.807) is 9.80 Å². The summed E-state index contributed by atoms with van der Waals surface area (Å²) in [5.74, 6) is 0.183. The fourth-order valence-electron chi connectivity index (χ4n) is 3.00. The molecule has 0 aromatic carbocycles. The minimum atomic E-state index is -0.206. The summed E-state index contributed by atoms with van der Waals surface area (Å²) < 4.78 is 5.59. The van der Waals surface area contributed by atoms with Gasteiger partial charge in [0.25, 0.3) is 0 Å². The van der Waals surface area contributed by atoms with Crippen LogP contribution in [0, 0.1) is 0 Å². The van der Waals surface area contributed by atoms with Crippen LogP contribution in [0.5, 0.6) is 0 Å². The van der Waals surface area contributed by atoms with E-state index < -0.39 is 0 Å². The summed E-state index contributed by atoms with van der Waals surface area (Å²) >= 11 is 0. The molecule has 2 unspecified atom stereocenters. The van der Waals surface area contributed by atoms with Crippen molar-refractivity contribution in [3.05, 3.63) is 0 Å². The third-order valence-electron chi connectivity index (χ3n) is 3.92.